The van der Waals surface area contributed by atoms with Crippen LogP contribution in [-0.2, 0) is 18.9 Å². The Morgan fingerprint density at radius 1 is 0.449 bits per heavy atom. The molecule has 0 saturated carbocycles. The number of esters is 3. The Hall–Kier alpha value is -7.23. The minimum atomic E-state index is -0.523. The van der Waals surface area contributed by atoms with Crippen molar-refractivity contribution >= 4 is 107 Å². The van der Waals surface area contributed by atoms with Gasteiger partial charge in [-0.15, -0.1) is 0 Å². The fourth-order valence-corrected chi connectivity index (χ4v) is 12.0. The van der Waals surface area contributed by atoms with Crippen LogP contribution >= 0.6 is 47.8 Å². The van der Waals surface area contributed by atoms with Gasteiger partial charge in [-0.3, -0.25) is 14.4 Å². The van der Waals surface area contributed by atoms with Gasteiger partial charge in [-0.25, -0.2) is 19.2 Å². The summed E-state index contributed by atoms with van der Waals surface area (Å²) in [6.45, 7) is 16.7. The molecule has 3 heterocycles. The van der Waals surface area contributed by atoms with Crippen LogP contribution in [0.5, 0.6) is 0 Å². The standard InChI is InChI=1S/C26H31BrN2O5.C22H25BrN2O3.C21H23BrN2O3/c1-16-6-7-18(17-10-12-29(13-11-17)25(32)34-26(2,3)4)14-21(16)23(30)28-22-15-19(27)8-9-20(22)24(31)33-5;1-14-4-5-16(15-8-10-25(2)11-9-15)12-19(14)21(26)24-20-13-17(23)6-7-18(20)22(27)28-3;1-13-3-4-15(14-7-9-23-10-8-14)11-18(13)20(25)24-19-12-16(22)5-6-17(19)21(26)27-2/h6-9,14-15,17H,10-13H2,1-5H3,(H,28,30);4-7,12-13,15H,8-11H2,1-3H3,(H,24,26);3-6,11-12,14,23H,7-10H2,1-2H3,(H,24,25). The first-order chi connectivity index (χ1) is 42.4. The van der Waals surface area contributed by atoms with Crippen molar-refractivity contribution in [3.05, 3.63) is 189 Å². The molecule has 0 atom stereocenters. The van der Waals surface area contributed by atoms with Crippen LogP contribution in [0.4, 0.5) is 21.9 Å². The van der Waals surface area contributed by atoms with E-state index in [4.69, 9.17) is 18.9 Å². The molecule has 0 radical (unpaired) electrons. The molecule has 0 bridgehead atoms. The number of hydrogen-bond acceptors (Lipinski definition) is 13. The molecule has 3 aliphatic heterocycles. The van der Waals surface area contributed by atoms with Crippen LogP contribution in [0.1, 0.15) is 173 Å². The number of likely N-dealkylation sites (tertiary alicyclic amines) is 2. The predicted octanol–water partition coefficient (Wildman–Crippen LogP) is 14.8. The van der Waals surface area contributed by atoms with E-state index in [0.717, 1.165) is 100 Å². The number of halogens is 3. The highest BCUT2D eigenvalue weighted by molar-refractivity contribution is 9.11. The largest absolute Gasteiger partial charge is 0.465 e. The van der Waals surface area contributed by atoms with Gasteiger partial charge in [-0.1, -0.05) is 84.2 Å². The minimum Gasteiger partial charge on any atom is -0.465 e. The molecule has 20 heteroatoms. The molecule has 6 aromatic rings. The lowest BCUT2D eigenvalue weighted by Crippen LogP contribution is -2.41. The first kappa shape index (κ1) is 69.2. The number of piperidine rings is 3. The van der Waals surface area contributed by atoms with Crippen molar-refractivity contribution in [2.75, 3.05) is 83.6 Å². The van der Waals surface area contributed by atoms with Gasteiger partial charge >= 0.3 is 24.0 Å². The number of hydrogen-bond donors (Lipinski definition) is 4. The number of rotatable bonds is 12. The maximum Gasteiger partial charge on any atom is 0.410 e. The van der Waals surface area contributed by atoms with Gasteiger partial charge in [-0.2, -0.15) is 0 Å². The summed E-state index contributed by atoms with van der Waals surface area (Å²) in [7, 11) is 6.09. The molecular formula is C69H79Br3N6O11. The van der Waals surface area contributed by atoms with Crippen LogP contribution in [0, 0.1) is 20.8 Å². The van der Waals surface area contributed by atoms with Crippen molar-refractivity contribution in [2.24, 2.45) is 0 Å². The molecule has 0 aromatic heterocycles. The smallest absolute Gasteiger partial charge is 0.410 e. The Kier molecular flexibility index (Phi) is 24.9. The molecule has 3 aliphatic rings. The van der Waals surface area contributed by atoms with E-state index in [0.29, 0.717) is 69.8 Å². The second-order valence-electron chi connectivity index (χ2n) is 23.5. The quantitative estimate of drug-likeness (QED) is 0.0664. The van der Waals surface area contributed by atoms with Crippen molar-refractivity contribution < 1.29 is 52.5 Å². The number of amides is 4. The summed E-state index contributed by atoms with van der Waals surface area (Å²) in [5, 5.41) is 12.0. The number of carbonyl (C=O) groups excluding carboxylic acids is 7. The number of nitrogens with one attached hydrogen (secondary N) is 4. The average Bonchev–Trinajstić information content (AvgIpc) is 1.57. The van der Waals surface area contributed by atoms with Crippen LogP contribution in [0.3, 0.4) is 0 Å². The van der Waals surface area contributed by atoms with Gasteiger partial charge in [0, 0.05) is 43.2 Å². The van der Waals surface area contributed by atoms with E-state index in [1.807, 2.05) is 84.0 Å². The second kappa shape index (κ2) is 32.0. The number of anilines is 3. The topological polar surface area (TPSA) is 211 Å². The zero-order valence-electron chi connectivity index (χ0n) is 52.1. The highest BCUT2D eigenvalue weighted by atomic mass is 79.9. The van der Waals surface area contributed by atoms with Crippen LogP contribution in [0.25, 0.3) is 0 Å². The number of benzene rings is 6. The third kappa shape index (κ3) is 19.2. The molecule has 9 rings (SSSR count). The van der Waals surface area contributed by atoms with Crippen molar-refractivity contribution in [2.45, 2.75) is 103 Å². The highest BCUT2D eigenvalue weighted by Gasteiger charge is 2.29. The van der Waals surface area contributed by atoms with Crippen molar-refractivity contribution in [1.29, 1.82) is 0 Å². The lowest BCUT2D eigenvalue weighted by molar-refractivity contribution is 0.0204. The first-order valence-corrected chi connectivity index (χ1v) is 32.0. The lowest BCUT2D eigenvalue weighted by Gasteiger charge is -2.33. The molecule has 0 aliphatic carbocycles. The van der Waals surface area contributed by atoms with Crippen LogP contribution in [0.15, 0.2) is 123 Å². The fraction of sp³-hybridized carbons (Fsp3) is 0.377. The van der Waals surface area contributed by atoms with E-state index in [-0.39, 0.29) is 35.3 Å². The van der Waals surface area contributed by atoms with Crippen LogP contribution in [-0.4, -0.2) is 125 Å². The Morgan fingerprint density at radius 3 is 1.08 bits per heavy atom. The number of carbonyl (C=O) groups is 7. The van der Waals surface area contributed by atoms with Gasteiger partial charge in [-0.05, 0) is 237 Å². The predicted molar refractivity (Wildman–Crippen MR) is 358 cm³/mol. The minimum absolute atomic E-state index is 0.226. The monoisotopic (exact) mass is 1400 g/mol. The molecule has 4 N–H and O–H groups in total. The molecule has 89 heavy (non-hydrogen) atoms. The van der Waals surface area contributed by atoms with Gasteiger partial charge < -0.3 is 50.0 Å². The maximum atomic E-state index is 13.2. The van der Waals surface area contributed by atoms with Gasteiger partial charge in [0.05, 0.1) is 55.1 Å². The molecule has 0 unspecified atom stereocenters. The summed E-state index contributed by atoms with van der Waals surface area (Å²) >= 11 is 10.2. The van der Waals surface area contributed by atoms with E-state index >= 15 is 0 Å². The Balaban J connectivity index is 0.000000192. The number of nitrogens with zero attached hydrogens (tertiary/aromatic N) is 2. The lowest BCUT2D eigenvalue weighted by atomic mass is 9.87. The van der Waals surface area contributed by atoms with Crippen molar-refractivity contribution in [3.63, 3.8) is 0 Å². The third-order valence-electron chi connectivity index (χ3n) is 16.0. The van der Waals surface area contributed by atoms with Crippen molar-refractivity contribution in [3.8, 4) is 0 Å². The zero-order chi connectivity index (χ0) is 64.7. The number of methoxy groups -OCH3 is 3. The summed E-state index contributed by atoms with van der Waals surface area (Å²) < 4.78 is 22.2. The van der Waals surface area contributed by atoms with Crippen LogP contribution < -0.4 is 21.3 Å². The summed E-state index contributed by atoms with van der Waals surface area (Å²) in [5.74, 6) is -1.07. The van der Waals surface area contributed by atoms with E-state index in [1.165, 1.54) is 32.5 Å². The molecule has 3 fully saturated rings. The summed E-state index contributed by atoms with van der Waals surface area (Å²) in [4.78, 5) is 91.7. The molecular weight excluding hydrogens is 1330 g/mol. The second-order valence-corrected chi connectivity index (χ2v) is 26.2. The highest BCUT2D eigenvalue weighted by Crippen LogP contribution is 2.34. The van der Waals surface area contributed by atoms with Gasteiger partial charge in [0.2, 0.25) is 0 Å². The van der Waals surface area contributed by atoms with E-state index in [2.05, 4.69) is 93.1 Å². The first-order valence-electron chi connectivity index (χ1n) is 29.6. The van der Waals surface area contributed by atoms with Crippen LogP contribution in [0.2, 0.25) is 0 Å². The fourth-order valence-electron chi connectivity index (χ4n) is 10.9. The third-order valence-corrected chi connectivity index (χ3v) is 17.5. The summed E-state index contributed by atoms with van der Waals surface area (Å²) in [6.07, 6.45) is 5.63. The molecule has 0 spiro atoms. The number of aryl methyl sites for hydroxylation is 3. The average molecular weight is 1410 g/mol. The van der Waals surface area contributed by atoms with Gasteiger partial charge in [0.15, 0.2) is 0 Å². The van der Waals surface area contributed by atoms with E-state index in [9.17, 15) is 33.6 Å². The van der Waals surface area contributed by atoms with E-state index < -0.39 is 23.5 Å². The van der Waals surface area contributed by atoms with E-state index in [1.54, 1.807) is 59.5 Å². The summed E-state index contributed by atoms with van der Waals surface area (Å²) in [6, 6.07) is 33.3. The Morgan fingerprint density at radius 2 is 0.764 bits per heavy atom. The zero-order valence-corrected chi connectivity index (χ0v) is 56.9. The normalized spacial score (nSPS) is 14.8. The molecule has 4 amide bonds. The van der Waals surface area contributed by atoms with Gasteiger partial charge in [0.25, 0.3) is 17.7 Å². The molecule has 472 valence electrons. The van der Waals surface area contributed by atoms with Crippen molar-refractivity contribution in [1.82, 2.24) is 15.1 Å². The molecule has 17 nitrogen and oxygen atoms in total. The summed E-state index contributed by atoms with van der Waals surface area (Å²) in [5.41, 5.74) is 9.53. The Bertz CT molecular complexity index is 3570. The molecule has 3 saturated heterocycles. The maximum absolute atomic E-state index is 13.2. The molecule has 6 aromatic carbocycles. The van der Waals surface area contributed by atoms with Gasteiger partial charge in [0.1, 0.15) is 5.60 Å². The Labute approximate surface area is 547 Å². The number of ether oxygens (including phenoxy) is 4. The SMILES string of the molecule is COC(=O)c1ccc(Br)cc1NC(=O)c1cc(C2CCN(C(=O)OC(C)(C)C)CC2)ccc1C.COC(=O)c1ccc(Br)cc1NC(=O)c1cc(C2CCN(C)CC2)ccc1C.COC(=O)c1ccc(Br)cc1NC(=O)c1cc(C2CCNCC2)ccc1C.